The minimum Gasteiger partial charge on any atom is -0.487 e. The Kier molecular flexibility index (Phi) is 4.57. The standard InChI is InChI=1S/C13H19N3O3/c1-2-10-19-12-5-3-4-11(13(12)16(17)18)15-8-6-14-7-9-15/h3-5,14H,2,6-10H2,1H3. The van der Waals surface area contributed by atoms with Crippen molar-refractivity contribution in [2.24, 2.45) is 0 Å². The number of benzene rings is 1. The highest BCUT2D eigenvalue weighted by Crippen LogP contribution is 2.37. The number of hydrogen-bond acceptors (Lipinski definition) is 5. The zero-order valence-corrected chi connectivity index (χ0v) is 11.1. The maximum atomic E-state index is 11.3. The van der Waals surface area contributed by atoms with Crippen LogP contribution >= 0.6 is 0 Å². The summed E-state index contributed by atoms with van der Waals surface area (Å²) in [5.74, 6) is 0.364. The van der Waals surface area contributed by atoms with Crippen molar-refractivity contribution in [3.05, 3.63) is 28.3 Å². The summed E-state index contributed by atoms with van der Waals surface area (Å²) >= 11 is 0. The lowest BCUT2D eigenvalue weighted by molar-refractivity contribution is -0.385. The Bertz CT molecular complexity index is 445. The Labute approximate surface area is 112 Å². The summed E-state index contributed by atoms with van der Waals surface area (Å²) in [6, 6.07) is 5.27. The van der Waals surface area contributed by atoms with Gasteiger partial charge in [-0.15, -0.1) is 0 Å². The van der Waals surface area contributed by atoms with Crippen LogP contribution in [0.15, 0.2) is 18.2 Å². The number of nitro groups is 1. The van der Waals surface area contributed by atoms with Gasteiger partial charge in [0.2, 0.25) is 0 Å². The number of nitrogens with one attached hydrogen (secondary N) is 1. The molecule has 19 heavy (non-hydrogen) atoms. The van der Waals surface area contributed by atoms with E-state index in [0.717, 1.165) is 32.6 Å². The molecule has 0 unspecified atom stereocenters. The van der Waals surface area contributed by atoms with Crippen molar-refractivity contribution in [1.82, 2.24) is 5.32 Å². The van der Waals surface area contributed by atoms with Crippen LogP contribution in [0.1, 0.15) is 13.3 Å². The van der Waals surface area contributed by atoms with Gasteiger partial charge in [0, 0.05) is 26.2 Å². The molecule has 0 atom stereocenters. The summed E-state index contributed by atoms with van der Waals surface area (Å²) in [5.41, 5.74) is 0.734. The van der Waals surface area contributed by atoms with Gasteiger partial charge in [-0.05, 0) is 18.6 Å². The molecular weight excluding hydrogens is 246 g/mol. The number of nitro benzene ring substituents is 1. The molecule has 2 rings (SSSR count). The third kappa shape index (κ3) is 3.14. The minimum atomic E-state index is -0.345. The van der Waals surface area contributed by atoms with Crippen LogP contribution in [-0.4, -0.2) is 37.7 Å². The fraction of sp³-hybridized carbons (Fsp3) is 0.538. The Morgan fingerprint density at radius 2 is 2.16 bits per heavy atom. The summed E-state index contributed by atoms with van der Waals surface area (Å²) < 4.78 is 5.50. The van der Waals surface area contributed by atoms with E-state index in [4.69, 9.17) is 4.74 Å². The van der Waals surface area contributed by atoms with Gasteiger partial charge in [0.25, 0.3) is 0 Å². The third-order valence-corrected chi connectivity index (χ3v) is 3.08. The van der Waals surface area contributed by atoms with Crippen LogP contribution in [0.3, 0.4) is 0 Å². The summed E-state index contributed by atoms with van der Waals surface area (Å²) in [4.78, 5) is 13.0. The molecule has 1 aromatic carbocycles. The molecule has 1 aromatic rings. The zero-order chi connectivity index (χ0) is 13.7. The van der Waals surface area contributed by atoms with Gasteiger partial charge in [0.1, 0.15) is 5.69 Å². The van der Waals surface area contributed by atoms with Crippen molar-refractivity contribution < 1.29 is 9.66 Å². The predicted octanol–water partition coefficient (Wildman–Crippen LogP) is 1.79. The molecular formula is C13H19N3O3. The van der Waals surface area contributed by atoms with E-state index in [2.05, 4.69) is 5.32 Å². The fourth-order valence-corrected chi connectivity index (χ4v) is 2.18. The molecule has 1 saturated heterocycles. The lowest BCUT2D eigenvalue weighted by Crippen LogP contribution is -2.43. The topological polar surface area (TPSA) is 67.6 Å². The lowest BCUT2D eigenvalue weighted by atomic mass is 10.2. The number of piperazine rings is 1. The van der Waals surface area contributed by atoms with E-state index in [9.17, 15) is 10.1 Å². The van der Waals surface area contributed by atoms with E-state index in [1.54, 1.807) is 12.1 Å². The molecule has 104 valence electrons. The van der Waals surface area contributed by atoms with Crippen molar-refractivity contribution in [1.29, 1.82) is 0 Å². The average molecular weight is 265 g/mol. The third-order valence-electron chi connectivity index (χ3n) is 3.08. The first-order valence-corrected chi connectivity index (χ1v) is 6.60. The molecule has 1 N–H and O–H groups in total. The SMILES string of the molecule is CCCOc1cccc(N2CCNCC2)c1[N+](=O)[O-]. The molecule has 0 bridgehead atoms. The van der Waals surface area contributed by atoms with Gasteiger partial charge < -0.3 is 15.0 Å². The van der Waals surface area contributed by atoms with E-state index in [1.165, 1.54) is 0 Å². The minimum absolute atomic E-state index is 0.0813. The van der Waals surface area contributed by atoms with Crippen molar-refractivity contribution >= 4 is 11.4 Å². The number of para-hydroxylation sites is 1. The molecule has 0 amide bonds. The molecule has 0 saturated carbocycles. The molecule has 0 aromatic heterocycles. The van der Waals surface area contributed by atoms with Gasteiger partial charge >= 0.3 is 5.69 Å². The van der Waals surface area contributed by atoms with Crippen molar-refractivity contribution in [2.75, 3.05) is 37.7 Å². The normalized spacial score (nSPS) is 15.3. The van der Waals surface area contributed by atoms with E-state index < -0.39 is 0 Å². The van der Waals surface area contributed by atoms with Crippen molar-refractivity contribution in [3.8, 4) is 5.75 Å². The number of anilines is 1. The first kappa shape index (κ1) is 13.6. The first-order valence-electron chi connectivity index (χ1n) is 6.60. The van der Waals surface area contributed by atoms with Gasteiger partial charge in [-0.25, -0.2) is 0 Å². The van der Waals surface area contributed by atoms with Gasteiger partial charge in [-0.1, -0.05) is 13.0 Å². The van der Waals surface area contributed by atoms with Crippen LogP contribution in [0.2, 0.25) is 0 Å². The average Bonchev–Trinajstić information content (AvgIpc) is 2.45. The van der Waals surface area contributed by atoms with Crippen LogP contribution in [-0.2, 0) is 0 Å². The van der Waals surface area contributed by atoms with Gasteiger partial charge in [-0.2, -0.15) is 0 Å². The van der Waals surface area contributed by atoms with Crippen LogP contribution in [0, 0.1) is 10.1 Å². The van der Waals surface area contributed by atoms with Gasteiger partial charge in [-0.3, -0.25) is 10.1 Å². The quantitative estimate of drug-likeness (QED) is 0.649. The fourth-order valence-electron chi connectivity index (χ4n) is 2.18. The highest BCUT2D eigenvalue weighted by atomic mass is 16.6. The summed E-state index contributed by atoms with van der Waals surface area (Å²) in [6.45, 7) is 5.71. The van der Waals surface area contributed by atoms with Gasteiger partial charge in [0.15, 0.2) is 5.75 Å². The predicted molar refractivity (Wildman–Crippen MR) is 74.0 cm³/mol. The summed E-state index contributed by atoms with van der Waals surface area (Å²) in [6.07, 6.45) is 0.828. The van der Waals surface area contributed by atoms with Crippen molar-refractivity contribution in [3.63, 3.8) is 0 Å². The summed E-state index contributed by atoms with van der Waals surface area (Å²) in [7, 11) is 0. The van der Waals surface area contributed by atoms with Crippen LogP contribution in [0.5, 0.6) is 5.75 Å². The molecule has 0 aliphatic carbocycles. The van der Waals surface area contributed by atoms with E-state index in [0.29, 0.717) is 18.0 Å². The lowest BCUT2D eigenvalue weighted by Gasteiger charge is -2.29. The Morgan fingerprint density at radius 3 is 2.79 bits per heavy atom. The second-order valence-corrected chi connectivity index (χ2v) is 4.47. The molecule has 6 heteroatoms. The number of nitrogens with zero attached hydrogens (tertiary/aromatic N) is 2. The van der Waals surface area contributed by atoms with Crippen LogP contribution in [0.25, 0.3) is 0 Å². The van der Waals surface area contributed by atoms with Gasteiger partial charge in [0.05, 0.1) is 11.5 Å². The number of ether oxygens (including phenoxy) is 1. The highest BCUT2D eigenvalue weighted by molar-refractivity contribution is 5.70. The molecule has 6 nitrogen and oxygen atoms in total. The van der Waals surface area contributed by atoms with Crippen molar-refractivity contribution in [2.45, 2.75) is 13.3 Å². The number of hydrogen-bond donors (Lipinski definition) is 1. The van der Waals surface area contributed by atoms with Crippen LogP contribution in [0.4, 0.5) is 11.4 Å². The van der Waals surface area contributed by atoms with E-state index in [1.807, 2.05) is 17.9 Å². The summed E-state index contributed by atoms with van der Waals surface area (Å²) in [5, 5.41) is 14.6. The monoisotopic (exact) mass is 265 g/mol. The number of rotatable bonds is 5. The molecule has 1 heterocycles. The molecule has 1 fully saturated rings. The Morgan fingerprint density at radius 1 is 1.42 bits per heavy atom. The maximum Gasteiger partial charge on any atom is 0.333 e. The van der Waals surface area contributed by atoms with E-state index in [-0.39, 0.29) is 10.6 Å². The first-order chi connectivity index (χ1) is 9.24. The molecule has 0 radical (unpaired) electrons. The maximum absolute atomic E-state index is 11.3. The van der Waals surface area contributed by atoms with E-state index >= 15 is 0 Å². The Balaban J connectivity index is 2.32. The molecule has 1 aliphatic rings. The largest absolute Gasteiger partial charge is 0.487 e. The zero-order valence-electron chi connectivity index (χ0n) is 11.1. The Hall–Kier alpha value is -1.82. The highest BCUT2D eigenvalue weighted by Gasteiger charge is 2.25. The second-order valence-electron chi connectivity index (χ2n) is 4.47. The molecule has 0 spiro atoms. The molecule has 1 aliphatic heterocycles. The second kappa shape index (κ2) is 6.38. The van der Waals surface area contributed by atoms with Crippen LogP contribution < -0.4 is 15.0 Å². The smallest absolute Gasteiger partial charge is 0.333 e.